The molecule has 2 aromatic carbocycles. The third-order valence-corrected chi connectivity index (χ3v) is 5.07. The number of hydrogen-bond donors (Lipinski definition) is 0. The molecule has 0 aliphatic rings. The van der Waals surface area contributed by atoms with E-state index in [0.717, 1.165) is 0 Å². The molecule has 0 radical (unpaired) electrons. The molecule has 0 atom stereocenters. The Bertz CT molecular complexity index is 701. The van der Waals surface area contributed by atoms with E-state index >= 15 is 0 Å². The van der Waals surface area contributed by atoms with Gasteiger partial charge in [0.1, 0.15) is 23.0 Å². The van der Waals surface area contributed by atoms with Crippen LogP contribution >= 0.6 is 0 Å². The zero-order valence-electron chi connectivity index (χ0n) is 12.6. The van der Waals surface area contributed by atoms with Crippen LogP contribution in [0.5, 0.6) is 11.5 Å². The lowest BCUT2D eigenvalue weighted by Crippen LogP contribution is -2.31. The van der Waals surface area contributed by atoms with Crippen molar-refractivity contribution in [2.75, 3.05) is 27.3 Å². The molecule has 2 aromatic rings. The number of sulfonamides is 1. The molecule has 0 saturated heterocycles. The third-order valence-electron chi connectivity index (χ3n) is 3.18. The van der Waals surface area contributed by atoms with Crippen LogP contribution in [0, 0.1) is 0 Å². The number of methoxy groups -OCH3 is 1. The molecule has 6 heteroatoms. The van der Waals surface area contributed by atoms with Gasteiger partial charge in [0.05, 0.1) is 7.11 Å². The molecule has 0 aliphatic heterocycles. The molecule has 0 unspecified atom stereocenters. The molecular formula is C16H19NO4S. The van der Waals surface area contributed by atoms with Crippen molar-refractivity contribution in [3.05, 3.63) is 54.6 Å². The molecule has 0 heterocycles. The van der Waals surface area contributed by atoms with E-state index < -0.39 is 10.0 Å². The highest BCUT2D eigenvalue weighted by Gasteiger charge is 2.24. The van der Waals surface area contributed by atoms with Crippen LogP contribution < -0.4 is 9.47 Å². The lowest BCUT2D eigenvalue weighted by molar-refractivity contribution is 0.286. The Morgan fingerprint density at radius 2 is 1.64 bits per heavy atom. The van der Waals surface area contributed by atoms with Gasteiger partial charge in [0.25, 0.3) is 0 Å². The first-order chi connectivity index (χ1) is 10.6. The monoisotopic (exact) mass is 321 g/mol. The summed E-state index contributed by atoms with van der Waals surface area (Å²) < 4.78 is 37.0. The lowest BCUT2D eigenvalue weighted by Gasteiger charge is -2.19. The molecule has 0 aliphatic carbocycles. The van der Waals surface area contributed by atoms with Crippen molar-refractivity contribution < 1.29 is 17.9 Å². The highest BCUT2D eigenvalue weighted by molar-refractivity contribution is 7.89. The molecular weight excluding hydrogens is 302 g/mol. The number of nitrogens with zero attached hydrogens (tertiary/aromatic N) is 1. The second-order valence-corrected chi connectivity index (χ2v) is 6.65. The molecule has 5 nitrogen and oxygen atoms in total. The fraction of sp³-hybridized carbons (Fsp3) is 0.250. The van der Waals surface area contributed by atoms with Crippen LogP contribution in [0.2, 0.25) is 0 Å². The average Bonchev–Trinajstić information content (AvgIpc) is 2.55. The maximum Gasteiger partial charge on any atom is 0.246 e. The Hall–Kier alpha value is -2.05. The van der Waals surface area contributed by atoms with E-state index in [-0.39, 0.29) is 18.0 Å². The molecule has 0 aromatic heterocycles. The molecule has 0 spiro atoms. The SMILES string of the molecule is COc1ccccc1S(=O)(=O)N(C)CCOc1ccccc1. The van der Waals surface area contributed by atoms with E-state index in [9.17, 15) is 8.42 Å². The smallest absolute Gasteiger partial charge is 0.246 e. The maximum atomic E-state index is 12.5. The minimum absolute atomic E-state index is 0.153. The van der Waals surface area contributed by atoms with Crippen molar-refractivity contribution >= 4 is 10.0 Å². The van der Waals surface area contributed by atoms with Crippen molar-refractivity contribution in [1.29, 1.82) is 0 Å². The van der Waals surface area contributed by atoms with Crippen molar-refractivity contribution in [3.8, 4) is 11.5 Å². The van der Waals surface area contributed by atoms with Gasteiger partial charge in [-0.15, -0.1) is 0 Å². The second-order valence-electron chi connectivity index (χ2n) is 4.64. The van der Waals surface area contributed by atoms with Crippen LogP contribution in [0.25, 0.3) is 0 Å². The number of rotatable bonds is 7. The molecule has 0 fully saturated rings. The Morgan fingerprint density at radius 3 is 2.32 bits per heavy atom. The summed E-state index contributed by atoms with van der Waals surface area (Å²) in [5.41, 5.74) is 0. The fourth-order valence-electron chi connectivity index (χ4n) is 1.93. The summed E-state index contributed by atoms with van der Waals surface area (Å²) in [5.74, 6) is 1.05. The van der Waals surface area contributed by atoms with E-state index in [2.05, 4.69) is 0 Å². The number of benzene rings is 2. The predicted octanol–water partition coefficient (Wildman–Crippen LogP) is 2.39. The van der Waals surface area contributed by atoms with Crippen LogP contribution in [-0.2, 0) is 10.0 Å². The summed E-state index contributed by atoms with van der Waals surface area (Å²) in [6.45, 7) is 0.518. The second kappa shape index (κ2) is 7.29. The van der Waals surface area contributed by atoms with E-state index in [0.29, 0.717) is 11.5 Å². The van der Waals surface area contributed by atoms with Gasteiger partial charge in [0.15, 0.2) is 0 Å². The summed E-state index contributed by atoms with van der Waals surface area (Å²) in [6, 6.07) is 15.8. The molecule has 0 saturated carbocycles. The maximum absolute atomic E-state index is 12.5. The number of likely N-dealkylation sites (N-methyl/N-ethyl adjacent to an activating group) is 1. The lowest BCUT2D eigenvalue weighted by atomic mass is 10.3. The van der Waals surface area contributed by atoms with Crippen LogP contribution in [0.1, 0.15) is 0 Å². The zero-order chi connectivity index (χ0) is 16.0. The Labute approximate surface area is 131 Å². The molecule has 22 heavy (non-hydrogen) atoms. The van der Waals surface area contributed by atoms with E-state index in [1.165, 1.54) is 24.5 Å². The Kier molecular flexibility index (Phi) is 5.41. The largest absolute Gasteiger partial charge is 0.495 e. The van der Waals surface area contributed by atoms with E-state index in [4.69, 9.17) is 9.47 Å². The fourth-order valence-corrected chi connectivity index (χ4v) is 3.24. The van der Waals surface area contributed by atoms with Gasteiger partial charge in [-0.2, -0.15) is 4.31 Å². The molecule has 0 bridgehead atoms. The molecule has 0 N–H and O–H groups in total. The topological polar surface area (TPSA) is 55.8 Å². The Morgan fingerprint density at radius 1 is 1.00 bits per heavy atom. The minimum Gasteiger partial charge on any atom is -0.495 e. The number of hydrogen-bond acceptors (Lipinski definition) is 4. The first kappa shape index (κ1) is 16.3. The Balaban J connectivity index is 2.03. The van der Waals surface area contributed by atoms with Crippen molar-refractivity contribution in [3.63, 3.8) is 0 Å². The summed E-state index contributed by atoms with van der Waals surface area (Å²) in [6.07, 6.45) is 0. The predicted molar refractivity (Wildman–Crippen MR) is 84.7 cm³/mol. The van der Waals surface area contributed by atoms with Gasteiger partial charge in [0, 0.05) is 13.6 Å². The number of para-hydroxylation sites is 2. The average molecular weight is 321 g/mol. The molecule has 118 valence electrons. The molecule has 2 rings (SSSR count). The molecule has 0 amide bonds. The summed E-state index contributed by atoms with van der Waals surface area (Å²) in [5, 5.41) is 0. The van der Waals surface area contributed by atoms with Gasteiger partial charge in [-0.1, -0.05) is 30.3 Å². The van der Waals surface area contributed by atoms with Gasteiger partial charge in [-0.3, -0.25) is 0 Å². The van der Waals surface area contributed by atoms with Crippen LogP contribution in [0.15, 0.2) is 59.5 Å². The van der Waals surface area contributed by atoms with Crippen LogP contribution in [0.3, 0.4) is 0 Å². The first-order valence-electron chi connectivity index (χ1n) is 6.83. The summed E-state index contributed by atoms with van der Waals surface area (Å²) >= 11 is 0. The highest BCUT2D eigenvalue weighted by Crippen LogP contribution is 2.25. The summed E-state index contributed by atoms with van der Waals surface area (Å²) in [7, 11) is -0.633. The standard InChI is InChI=1S/C16H19NO4S/c1-17(12-13-21-14-8-4-3-5-9-14)22(18,19)16-11-7-6-10-15(16)20-2/h3-11H,12-13H2,1-2H3. The van der Waals surface area contributed by atoms with Gasteiger partial charge in [-0.05, 0) is 24.3 Å². The zero-order valence-corrected chi connectivity index (χ0v) is 13.4. The van der Waals surface area contributed by atoms with E-state index in [1.807, 2.05) is 30.3 Å². The minimum atomic E-state index is -3.61. The first-order valence-corrected chi connectivity index (χ1v) is 8.27. The third kappa shape index (κ3) is 3.78. The van der Waals surface area contributed by atoms with Crippen molar-refractivity contribution in [1.82, 2.24) is 4.31 Å². The summed E-state index contributed by atoms with van der Waals surface area (Å²) in [4.78, 5) is 0.153. The normalized spacial score (nSPS) is 11.4. The number of ether oxygens (including phenoxy) is 2. The van der Waals surface area contributed by atoms with Gasteiger partial charge >= 0.3 is 0 Å². The van der Waals surface area contributed by atoms with Crippen molar-refractivity contribution in [2.24, 2.45) is 0 Å². The van der Waals surface area contributed by atoms with Crippen LogP contribution in [-0.4, -0.2) is 40.0 Å². The van der Waals surface area contributed by atoms with Gasteiger partial charge in [-0.25, -0.2) is 8.42 Å². The quantitative estimate of drug-likeness (QED) is 0.786. The van der Waals surface area contributed by atoms with E-state index in [1.54, 1.807) is 18.2 Å². The highest BCUT2D eigenvalue weighted by atomic mass is 32.2. The van der Waals surface area contributed by atoms with Gasteiger partial charge < -0.3 is 9.47 Å². The van der Waals surface area contributed by atoms with Crippen molar-refractivity contribution in [2.45, 2.75) is 4.90 Å². The van der Waals surface area contributed by atoms with Gasteiger partial charge in [0.2, 0.25) is 10.0 Å². The van der Waals surface area contributed by atoms with Crippen LogP contribution in [0.4, 0.5) is 0 Å².